The molecule has 0 saturated heterocycles. The van der Waals surface area contributed by atoms with Gasteiger partial charge in [0.05, 0.1) is 22.3 Å². The number of nitrogens with zero attached hydrogens (tertiary/aromatic N) is 3. The first-order valence-electron chi connectivity index (χ1n) is 8.99. The number of carbonyl (C=O) groups is 1. The number of amides is 1. The summed E-state index contributed by atoms with van der Waals surface area (Å²) in [5.41, 5.74) is 2.91. The molecule has 4 nitrogen and oxygen atoms in total. The molecular weight excluding hydrogens is 373 g/mol. The predicted octanol–water partition coefficient (Wildman–Crippen LogP) is 4.87. The highest BCUT2D eigenvalue weighted by molar-refractivity contribution is 7.13. The second-order valence-corrected chi connectivity index (χ2v) is 7.56. The maximum absolute atomic E-state index is 13.6. The van der Waals surface area contributed by atoms with E-state index in [2.05, 4.69) is 11.1 Å². The Morgan fingerprint density at radius 2 is 1.89 bits per heavy atom. The van der Waals surface area contributed by atoms with Crippen molar-refractivity contribution in [1.82, 2.24) is 9.88 Å². The van der Waals surface area contributed by atoms with Crippen LogP contribution in [0.3, 0.4) is 0 Å². The summed E-state index contributed by atoms with van der Waals surface area (Å²) in [4.78, 5) is 20.0. The Bertz CT molecular complexity index is 1020. The molecule has 0 radical (unpaired) electrons. The summed E-state index contributed by atoms with van der Waals surface area (Å²) in [6, 6.07) is 15.5. The molecule has 3 aromatic rings. The standard InChI is InChI=1S/C22H20FN3OS/c1-3-20-25-15(2)21(28-20)22(27)26(14-18-5-4-6-19(23)11-18)13-17-9-7-16(12-24)8-10-17/h4-11H,3,13-14H2,1-2H3. The molecule has 6 heteroatoms. The first-order chi connectivity index (χ1) is 13.5. The van der Waals surface area contributed by atoms with Gasteiger partial charge < -0.3 is 4.90 Å². The van der Waals surface area contributed by atoms with E-state index < -0.39 is 0 Å². The Labute approximate surface area is 167 Å². The van der Waals surface area contributed by atoms with Crippen LogP contribution in [-0.4, -0.2) is 15.8 Å². The van der Waals surface area contributed by atoms with Crippen molar-refractivity contribution in [1.29, 1.82) is 5.26 Å². The van der Waals surface area contributed by atoms with E-state index in [1.807, 2.05) is 26.0 Å². The van der Waals surface area contributed by atoms with Crippen LogP contribution >= 0.6 is 11.3 Å². The summed E-state index contributed by atoms with van der Waals surface area (Å²) in [6.45, 7) is 4.49. The lowest BCUT2D eigenvalue weighted by Crippen LogP contribution is -2.30. The van der Waals surface area contributed by atoms with Crippen molar-refractivity contribution in [3.63, 3.8) is 0 Å². The molecule has 0 saturated carbocycles. The van der Waals surface area contributed by atoms with Gasteiger partial charge in [0.1, 0.15) is 10.7 Å². The number of rotatable bonds is 6. The Balaban J connectivity index is 1.91. The van der Waals surface area contributed by atoms with E-state index in [1.165, 1.54) is 23.5 Å². The van der Waals surface area contributed by atoms with Crippen molar-refractivity contribution >= 4 is 17.2 Å². The van der Waals surface area contributed by atoms with Gasteiger partial charge in [0.25, 0.3) is 5.91 Å². The third-order valence-corrected chi connectivity index (χ3v) is 5.63. The zero-order chi connectivity index (χ0) is 20.1. The fourth-order valence-electron chi connectivity index (χ4n) is 2.91. The average molecular weight is 393 g/mol. The minimum Gasteiger partial charge on any atom is -0.329 e. The molecule has 0 fully saturated rings. The van der Waals surface area contributed by atoms with E-state index in [0.29, 0.717) is 17.0 Å². The number of aromatic nitrogens is 1. The van der Waals surface area contributed by atoms with Crippen LogP contribution in [0.5, 0.6) is 0 Å². The maximum Gasteiger partial charge on any atom is 0.266 e. The van der Waals surface area contributed by atoms with E-state index >= 15 is 0 Å². The molecule has 0 aliphatic rings. The SMILES string of the molecule is CCc1nc(C)c(C(=O)N(Cc2ccc(C#N)cc2)Cc2cccc(F)c2)s1. The van der Waals surface area contributed by atoms with Crippen LogP contribution in [0.4, 0.5) is 4.39 Å². The first kappa shape index (κ1) is 19.7. The average Bonchev–Trinajstić information content (AvgIpc) is 3.08. The van der Waals surface area contributed by atoms with Gasteiger partial charge >= 0.3 is 0 Å². The highest BCUT2D eigenvalue weighted by atomic mass is 32.1. The van der Waals surface area contributed by atoms with E-state index in [-0.39, 0.29) is 18.3 Å². The molecule has 1 heterocycles. The van der Waals surface area contributed by atoms with Crippen LogP contribution in [0.25, 0.3) is 0 Å². The van der Waals surface area contributed by atoms with Gasteiger partial charge in [-0.25, -0.2) is 9.37 Å². The largest absolute Gasteiger partial charge is 0.329 e. The second-order valence-electron chi connectivity index (χ2n) is 6.48. The number of thiazole rings is 1. The van der Waals surface area contributed by atoms with Crippen LogP contribution < -0.4 is 0 Å². The molecule has 0 aliphatic heterocycles. The van der Waals surface area contributed by atoms with E-state index in [1.54, 1.807) is 29.2 Å². The lowest BCUT2D eigenvalue weighted by molar-refractivity contribution is 0.0734. The molecule has 0 aliphatic carbocycles. The minimum atomic E-state index is -0.328. The lowest BCUT2D eigenvalue weighted by Gasteiger charge is -2.23. The van der Waals surface area contributed by atoms with Gasteiger partial charge in [-0.3, -0.25) is 4.79 Å². The molecule has 0 N–H and O–H groups in total. The van der Waals surface area contributed by atoms with Crippen LogP contribution in [0.2, 0.25) is 0 Å². The molecule has 1 aromatic heterocycles. The number of hydrogen-bond acceptors (Lipinski definition) is 4. The van der Waals surface area contributed by atoms with Gasteiger partial charge in [-0.15, -0.1) is 11.3 Å². The van der Waals surface area contributed by atoms with Crippen molar-refractivity contribution in [3.8, 4) is 6.07 Å². The van der Waals surface area contributed by atoms with Crippen LogP contribution in [0.15, 0.2) is 48.5 Å². The molecule has 3 rings (SSSR count). The third-order valence-electron chi connectivity index (χ3n) is 4.34. The first-order valence-corrected chi connectivity index (χ1v) is 9.81. The Hall–Kier alpha value is -3.04. The molecule has 0 unspecified atom stereocenters. The van der Waals surface area contributed by atoms with Gasteiger partial charge in [-0.2, -0.15) is 5.26 Å². The zero-order valence-corrected chi connectivity index (χ0v) is 16.6. The molecular formula is C22H20FN3OS. The Kier molecular flexibility index (Phi) is 6.17. The fraction of sp³-hybridized carbons (Fsp3) is 0.227. The highest BCUT2D eigenvalue weighted by Gasteiger charge is 2.22. The molecule has 2 aromatic carbocycles. The highest BCUT2D eigenvalue weighted by Crippen LogP contribution is 2.23. The monoisotopic (exact) mass is 393 g/mol. The van der Waals surface area contributed by atoms with Gasteiger partial charge in [0, 0.05) is 13.1 Å². The fourth-order valence-corrected chi connectivity index (χ4v) is 3.88. The summed E-state index contributed by atoms with van der Waals surface area (Å²) in [5, 5.41) is 9.89. The van der Waals surface area contributed by atoms with Gasteiger partial charge in [-0.1, -0.05) is 31.2 Å². The number of nitriles is 1. The summed E-state index contributed by atoms with van der Waals surface area (Å²) < 4.78 is 13.6. The van der Waals surface area contributed by atoms with Crippen molar-refractivity contribution in [3.05, 3.63) is 86.6 Å². The van der Waals surface area contributed by atoms with Crippen molar-refractivity contribution in [2.24, 2.45) is 0 Å². The summed E-state index contributed by atoms with van der Waals surface area (Å²) >= 11 is 1.41. The smallest absolute Gasteiger partial charge is 0.266 e. The summed E-state index contributed by atoms with van der Waals surface area (Å²) in [7, 11) is 0. The van der Waals surface area contributed by atoms with Gasteiger partial charge in [-0.05, 0) is 48.7 Å². The topological polar surface area (TPSA) is 57.0 Å². The van der Waals surface area contributed by atoms with E-state index in [0.717, 1.165) is 28.2 Å². The van der Waals surface area contributed by atoms with Crippen molar-refractivity contribution < 1.29 is 9.18 Å². The minimum absolute atomic E-state index is 0.122. The summed E-state index contributed by atoms with van der Waals surface area (Å²) in [5.74, 6) is -0.450. The van der Waals surface area contributed by atoms with E-state index in [4.69, 9.17) is 5.26 Å². The molecule has 0 bridgehead atoms. The third kappa shape index (κ3) is 4.62. The number of carbonyl (C=O) groups excluding carboxylic acids is 1. The number of hydrogen-bond donors (Lipinski definition) is 0. The van der Waals surface area contributed by atoms with E-state index in [9.17, 15) is 9.18 Å². The number of halogens is 1. The second kappa shape index (κ2) is 8.77. The molecule has 0 atom stereocenters. The van der Waals surface area contributed by atoms with Crippen LogP contribution in [0, 0.1) is 24.1 Å². The van der Waals surface area contributed by atoms with Gasteiger partial charge in [0.15, 0.2) is 0 Å². The van der Waals surface area contributed by atoms with Crippen LogP contribution in [0.1, 0.15) is 44.0 Å². The number of benzene rings is 2. The van der Waals surface area contributed by atoms with Crippen LogP contribution in [-0.2, 0) is 19.5 Å². The van der Waals surface area contributed by atoms with Crippen molar-refractivity contribution in [2.75, 3.05) is 0 Å². The predicted molar refractivity (Wildman–Crippen MR) is 107 cm³/mol. The zero-order valence-electron chi connectivity index (χ0n) is 15.8. The summed E-state index contributed by atoms with van der Waals surface area (Å²) in [6.07, 6.45) is 0.776. The molecule has 0 spiro atoms. The molecule has 1 amide bonds. The Morgan fingerprint density at radius 3 is 2.50 bits per heavy atom. The lowest BCUT2D eigenvalue weighted by atomic mass is 10.1. The Morgan fingerprint density at radius 1 is 1.18 bits per heavy atom. The van der Waals surface area contributed by atoms with Gasteiger partial charge in [0.2, 0.25) is 0 Å². The molecule has 142 valence electrons. The number of aryl methyl sites for hydroxylation is 2. The maximum atomic E-state index is 13.6. The van der Waals surface area contributed by atoms with Crippen molar-refractivity contribution in [2.45, 2.75) is 33.4 Å². The quantitative estimate of drug-likeness (QED) is 0.600. The molecule has 28 heavy (non-hydrogen) atoms. The normalized spacial score (nSPS) is 10.5.